The fraction of sp³-hybridized carbons (Fsp3) is 0.400. The van der Waals surface area contributed by atoms with Gasteiger partial charge in [-0.25, -0.2) is 0 Å². The first kappa shape index (κ1) is 12.6. The number of methoxy groups -OCH3 is 1. The van der Waals surface area contributed by atoms with Gasteiger partial charge in [0.05, 0.1) is 12.1 Å². The lowest BCUT2D eigenvalue weighted by molar-refractivity contribution is 0.275. The number of aliphatic hydroxyl groups is 1. The SMILES string of the molecule is COc1c(Cl)cc(Cl)cc1C(N)CCO. The summed E-state index contributed by atoms with van der Waals surface area (Å²) in [5.41, 5.74) is 6.57. The maximum absolute atomic E-state index is 8.81. The third kappa shape index (κ3) is 2.98. The van der Waals surface area contributed by atoms with Crippen LogP contribution in [0.4, 0.5) is 0 Å². The molecule has 0 heterocycles. The molecular weight excluding hydrogens is 237 g/mol. The average molecular weight is 250 g/mol. The van der Waals surface area contributed by atoms with Crippen LogP contribution in [0.2, 0.25) is 10.0 Å². The molecule has 0 fully saturated rings. The lowest BCUT2D eigenvalue weighted by Crippen LogP contribution is -2.13. The van der Waals surface area contributed by atoms with Gasteiger partial charge in [0.15, 0.2) is 0 Å². The molecule has 1 unspecified atom stereocenters. The normalized spacial score (nSPS) is 12.6. The standard InChI is InChI=1S/C10H13Cl2NO2/c1-15-10-7(9(13)2-3-14)4-6(11)5-8(10)12/h4-5,9,14H,2-3,13H2,1H3. The number of nitrogens with two attached hydrogens (primary N) is 1. The molecule has 15 heavy (non-hydrogen) atoms. The number of rotatable bonds is 4. The number of halogens is 2. The molecule has 0 saturated carbocycles. The van der Waals surface area contributed by atoms with Crippen LogP contribution in [0.1, 0.15) is 18.0 Å². The maximum atomic E-state index is 8.81. The summed E-state index contributed by atoms with van der Waals surface area (Å²) < 4.78 is 5.15. The highest BCUT2D eigenvalue weighted by atomic mass is 35.5. The Morgan fingerprint density at radius 1 is 1.47 bits per heavy atom. The minimum atomic E-state index is -0.332. The zero-order valence-corrected chi connectivity index (χ0v) is 9.85. The second kappa shape index (κ2) is 5.56. The summed E-state index contributed by atoms with van der Waals surface area (Å²) in [6, 6.07) is 2.96. The summed E-state index contributed by atoms with van der Waals surface area (Å²) in [5.74, 6) is 0.516. The van der Waals surface area contributed by atoms with Crippen molar-refractivity contribution in [2.24, 2.45) is 5.73 Å². The summed E-state index contributed by atoms with van der Waals surface area (Å²) in [7, 11) is 1.52. The number of aliphatic hydroxyl groups excluding tert-OH is 1. The predicted octanol–water partition coefficient (Wildman–Crippen LogP) is 2.38. The first-order valence-corrected chi connectivity index (χ1v) is 5.25. The molecule has 1 aromatic rings. The van der Waals surface area contributed by atoms with E-state index >= 15 is 0 Å². The topological polar surface area (TPSA) is 55.5 Å². The molecule has 3 N–H and O–H groups in total. The van der Waals surface area contributed by atoms with Gasteiger partial charge in [-0.3, -0.25) is 0 Å². The van der Waals surface area contributed by atoms with Gasteiger partial charge >= 0.3 is 0 Å². The van der Waals surface area contributed by atoms with Crippen molar-refractivity contribution in [2.45, 2.75) is 12.5 Å². The molecule has 0 spiro atoms. The molecule has 0 aromatic heterocycles. The Morgan fingerprint density at radius 3 is 2.67 bits per heavy atom. The van der Waals surface area contributed by atoms with Crippen LogP contribution >= 0.6 is 23.2 Å². The minimum absolute atomic E-state index is 0.00839. The first-order valence-electron chi connectivity index (χ1n) is 4.49. The van der Waals surface area contributed by atoms with E-state index < -0.39 is 0 Å². The van der Waals surface area contributed by atoms with Crippen LogP contribution in [0.25, 0.3) is 0 Å². The highest BCUT2D eigenvalue weighted by Crippen LogP contribution is 2.35. The zero-order chi connectivity index (χ0) is 11.4. The highest BCUT2D eigenvalue weighted by molar-refractivity contribution is 6.35. The molecule has 0 saturated heterocycles. The van der Waals surface area contributed by atoms with Gasteiger partial charge in [0.25, 0.3) is 0 Å². The van der Waals surface area contributed by atoms with Gasteiger partial charge in [-0.05, 0) is 18.6 Å². The van der Waals surface area contributed by atoms with Crippen LogP contribution in [-0.4, -0.2) is 18.8 Å². The second-order valence-corrected chi connectivity index (χ2v) is 3.97. The molecule has 3 nitrogen and oxygen atoms in total. The molecule has 5 heteroatoms. The van der Waals surface area contributed by atoms with Gasteiger partial charge < -0.3 is 15.6 Å². The van der Waals surface area contributed by atoms with Crippen LogP contribution in [0, 0.1) is 0 Å². The molecule has 0 bridgehead atoms. The second-order valence-electron chi connectivity index (χ2n) is 3.13. The quantitative estimate of drug-likeness (QED) is 0.862. The van der Waals surface area contributed by atoms with Crippen molar-refractivity contribution in [3.8, 4) is 5.75 Å². The zero-order valence-electron chi connectivity index (χ0n) is 8.34. The maximum Gasteiger partial charge on any atom is 0.142 e. The predicted molar refractivity (Wildman–Crippen MR) is 61.6 cm³/mol. The smallest absolute Gasteiger partial charge is 0.142 e. The summed E-state index contributed by atoms with van der Waals surface area (Å²) in [5, 5.41) is 9.74. The molecule has 1 aromatic carbocycles. The molecule has 0 aliphatic carbocycles. The van der Waals surface area contributed by atoms with Gasteiger partial charge in [0, 0.05) is 23.2 Å². The van der Waals surface area contributed by atoms with Crippen LogP contribution in [0.3, 0.4) is 0 Å². The lowest BCUT2D eigenvalue weighted by Gasteiger charge is -2.16. The third-order valence-electron chi connectivity index (χ3n) is 2.08. The summed E-state index contributed by atoms with van der Waals surface area (Å²) in [6.07, 6.45) is 0.438. The largest absolute Gasteiger partial charge is 0.495 e. The van der Waals surface area contributed by atoms with Crippen molar-refractivity contribution in [2.75, 3.05) is 13.7 Å². The molecule has 0 radical (unpaired) electrons. The van der Waals surface area contributed by atoms with Crippen LogP contribution < -0.4 is 10.5 Å². The Morgan fingerprint density at radius 2 is 2.13 bits per heavy atom. The molecule has 0 aliphatic rings. The van der Waals surface area contributed by atoms with Crippen LogP contribution in [0.15, 0.2) is 12.1 Å². The number of benzene rings is 1. The van der Waals surface area contributed by atoms with Crippen LogP contribution in [0.5, 0.6) is 5.75 Å². The van der Waals surface area contributed by atoms with Crippen molar-refractivity contribution < 1.29 is 9.84 Å². The average Bonchev–Trinajstić information content (AvgIpc) is 2.17. The van der Waals surface area contributed by atoms with E-state index in [-0.39, 0.29) is 12.6 Å². The Hall–Kier alpha value is -0.480. The number of ether oxygens (including phenoxy) is 1. The van der Waals surface area contributed by atoms with Gasteiger partial charge in [-0.15, -0.1) is 0 Å². The van der Waals surface area contributed by atoms with Crippen molar-refractivity contribution >= 4 is 23.2 Å². The summed E-state index contributed by atoms with van der Waals surface area (Å²) in [6.45, 7) is 0.00839. The highest BCUT2D eigenvalue weighted by Gasteiger charge is 2.15. The number of hydrogen-bond acceptors (Lipinski definition) is 3. The van der Waals surface area contributed by atoms with E-state index in [9.17, 15) is 0 Å². The van der Waals surface area contributed by atoms with Crippen molar-refractivity contribution in [3.05, 3.63) is 27.7 Å². The summed E-state index contributed by atoms with van der Waals surface area (Å²) in [4.78, 5) is 0. The fourth-order valence-corrected chi connectivity index (χ4v) is 1.95. The number of hydrogen-bond donors (Lipinski definition) is 2. The van der Waals surface area contributed by atoms with E-state index in [0.29, 0.717) is 27.8 Å². The molecule has 0 amide bonds. The molecule has 1 rings (SSSR count). The lowest BCUT2D eigenvalue weighted by atomic mass is 10.0. The Bertz CT molecular complexity index is 344. The third-order valence-corrected chi connectivity index (χ3v) is 2.58. The van der Waals surface area contributed by atoms with E-state index in [4.69, 9.17) is 38.8 Å². The van der Waals surface area contributed by atoms with Crippen LogP contribution in [-0.2, 0) is 0 Å². The van der Waals surface area contributed by atoms with Crippen molar-refractivity contribution in [3.63, 3.8) is 0 Å². The molecular formula is C10H13Cl2NO2. The van der Waals surface area contributed by atoms with Crippen molar-refractivity contribution in [1.82, 2.24) is 0 Å². The van der Waals surface area contributed by atoms with Gasteiger partial charge in [-0.1, -0.05) is 23.2 Å². The summed E-state index contributed by atoms with van der Waals surface area (Å²) >= 11 is 11.8. The Balaban J connectivity index is 3.13. The Kier molecular flexibility index (Phi) is 4.67. The Labute approximate surface area is 98.7 Å². The molecule has 84 valence electrons. The molecule has 1 atom stereocenters. The van der Waals surface area contributed by atoms with Gasteiger partial charge in [0.2, 0.25) is 0 Å². The van der Waals surface area contributed by atoms with E-state index in [2.05, 4.69) is 0 Å². The minimum Gasteiger partial charge on any atom is -0.495 e. The molecule has 0 aliphatic heterocycles. The van der Waals surface area contributed by atoms with E-state index in [0.717, 1.165) is 0 Å². The van der Waals surface area contributed by atoms with E-state index in [1.807, 2.05) is 0 Å². The van der Waals surface area contributed by atoms with E-state index in [1.54, 1.807) is 12.1 Å². The van der Waals surface area contributed by atoms with Gasteiger partial charge in [-0.2, -0.15) is 0 Å². The fourth-order valence-electron chi connectivity index (χ4n) is 1.37. The van der Waals surface area contributed by atoms with E-state index in [1.165, 1.54) is 7.11 Å². The monoisotopic (exact) mass is 249 g/mol. The first-order chi connectivity index (χ1) is 7.10. The van der Waals surface area contributed by atoms with Crippen molar-refractivity contribution in [1.29, 1.82) is 0 Å². The van der Waals surface area contributed by atoms with Gasteiger partial charge in [0.1, 0.15) is 5.75 Å².